The Hall–Kier alpha value is -2.58. The number of hydrogen-bond donors (Lipinski definition) is 2. The largest absolute Gasteiger partial charge is 0.317 e. The molecule has 5 rings (SSSR count). The molecule has 29 heavy (non-hydrogen) atoms. The highest BCUT2D eigenvalue weighted by atomic mass is 16.2. The minimum Gasteiger partial charge on any atom is -0.317 e. The van der Waals surface area contributed by atoms with Gasteiger partial charge in [0, 0.05) is 25.0 Å². The number of hydrogen-bond acceptors (Lipinski definition) is 6. The summed E-state index contributed by atoms with van der Waals surface area (Å²) in [5.74, 6) is -1.85. The molecule has 1 spiro atoms. The lowest BCUT2D eigenvalue weighted by molar-refractivity contribution is -0.136. The van der Waals surface area contributed by atoms with Gasteiger partial charge >= 0.3 is 0 Å². The van der Waals surface area contributed by atoms with Gasteiger partial charge in [-0.1, -0.05) is 6.07 Å². The van der Waals surface area contributed by atoms with E-state index in [-0.39, 0.29) is 24.3 Å². The number of benzene rings is 1. The molecule has 0 saturated carbocycles. The first-order valence-corrected chi connectivity index (χ1v) is 10.3. The van der Waals surface area contributed by atoms with Gasteiger partial charge in [0.1, 0.15) is 6.04 Å². The molecule has 8 heteroatoms. The molecule has 1 unspecified atom stereocenters. The lowest BCUT2D eigenvalue weighted by atomic mass is 9.76. The topological polar surface area (TPSA) is 98.8 Å². The summed E-state index contributed by atoms with van der Waals surface area (Å²) in [6.07, 6.45) is 3.78. The molecule has 3 fully saturated rings. The number of imide groups is 2. The van der Waals surface area contributed by atoms with E-state index in [1.165, 1.54) is 6.42 Å². The molecule has 1 aromatic rings. The second-order valence-electron chi connectivity index (χ2n) is 8.47. The van der Waals surface area contributed by atoms with Crippen molar-refractivity contribution in [2.24, 2.45) is 0 Å². The van der Waals surface area contributed by atoms with Crippen LogP contribution in [0.25, 0.3) is 0 Å². The molecule has 4 aliphatic rings. The zero-order valence-corrected chi connectivity index (χ0v) is 16.2. The predicted molar refractivity (Wildman–Crippen MR) is 103 cm³/mol. The van der Waals surface area contributed by atoms with Gasteiger partial charge in [-0.05, 0) is 56.5 Å². The predicted octanol–water partition coefficient (Wildman–Crippen LogP) is 0.416. The third kappa shape index (κ3) is 2.89. The monoisotopic (exact) mass is 396 g/mol. The van der Waals surface area contributed by atoms with Crippen molar-refractivity contribution in [1.29, 1.82) is 0 Å². The van der Waals surface area contributed by atoms with Crippen LogP contribution in [0.4, 0.5) is 0 Å². The molecular weight excluding hydrogens is 372 g/mol. The minimum absolute atomic E-state index is 0.126. The normalized spacial score (nSPS) is 26.5. The van der Waals surface area contributed by atoms with Gasteiger partial charge in [-0.25, -0.2) is 0 Å². The van der Waals surface area contributed by atoms with E-state index in [4.69, 9.17) is 0 Å². The maximum atomic E-state index is 13.0. The summed E-state index contributed by atoms with van der Waals surface area (Å²) in [5.41, 5.74) is 1.97. The Bertz CT molecular complexity index is 921. The average molecular weight is 396 g/mol. The molecule has 0 bridgehead atoms. The highest BCUT2D eigenvalue weighted by molar-refractivity contribution is 6.23. The Balaban J connectivity index is 1.36. The van der Waals surface area contributed by atoms with Crippen molar-refractivity contribution < 1.29 is 19.2 Å². The maximum absolute atomic E-state index is 13.0. The van der Waals surface area contributed by atoms with Crippen molar-refractivity contribution >= 4 is 23.6 Å². The van der Waals surface area contributed by atoms with E-state index in [0.717, 1.165) is 49.5 Å². The fourth-order valence-electron chi connectivity index (χ4n) is 5.13. The second kappa shape index (κ2) is 6.74. The van der Waals surface area contributed by atoms with Crippen LogP contribution in [0, 0.1) is 0 Å². The Kier molecular flexibility index (Phi) is 4.29. The summed E-state index contributed by atoms with van der Waals surface area (Å²) in [4.78, 5) is 52.8. The van der Waals surface area contributed by atoms with Gasteiger partial charge in [-0.3, -0.25) is 34.3 Å². The quantitative estimate of drug-likeness (QED) is 0.719. The van der Waals surface area contributed by atoms with Crippen LogP contribution in [0.5, 0.6) is 0 Å². The summed E-state index contributed by atoms with van der Waals surface area (Å²) in [7, 11) is 0. The van der Waals surface area contributed by atoms with Crippen LogP contribution in [0.3, 0.4) is 0 Å². The number of likely N-dealkylation sites (tertiary alicyclic amines) is 1. The van der Waals surface area contributed by atoms with Gasteiger partial charge in [0.25, 0.3) is 11.8 Å². The summed E-state index contributed by atoms with van der Waals surface area (Å²) < 4.78 is 0. The van der Waals surface area contributed by atoms with Crippen LogP contribution in [0.1, 0.15) is 58.4 Å². The lowest BCUT2D eigenvalue weighted by Crippen LogP contribution is -2.63. The van der Waals surface area contributed by atoms with Crippen LogP contribution in [-0.2, 0) is 16.1 Å². The zero-order chi connectivity index (χ0) is 20.2. The van der Waals surface area contributed by atoms with Crippen LogP contribution < -0.4 is 10.6 Å². The first-order chi connectivity index (χ1) is 14.0. The second-order valence-corrected chi connectivity index (χ2v) is 8.47. The third-order valence-electron chi connectivity index (χ3n) is 6.93. The van der Waals surface area contributed by atoms with Crippen molar-refractivity contribution in [3.63, 3.8) is 0 Å². The molecule has 0 aliphatic carbocycles. The molecule has 4 heterocycles. The molecule has 0 aromatic heterocycles. The number of amides is 4. The van der Waals surface area contributed by atoms with Crippen LogP contribution in [-0.4, -0.2) is 64.6 Å². The number of piperidine rings is 2. The van der Waals surface area contributed by atoms with Crippen LogP contribution >= 0.6 is 0 Å². The van der Waals surface area contributed by atoms with Gasteiger partial charge in [0.05, 0.1) is 11.1 Å². The Morgan fingerprint density at radius 3 is 2.45 bits per heavy atom. The summed E-state index contributed by atoms with van der Waals surface area (Å²) >= 11 is 0. The van der Waals surface area contributed by atoms with E-state index < -0.39 is 23.8 Å². The van der Waals surface area contributed by atoms with E-state index in [1.54, 1.807) is 12.1 Å². The molecule has 3 saturated heterocycles. The summed E-state index contributed by atoms with van der Waals surface area (Å²) in [6.45, 7) is 3.88. The number of rotatable bonds is 3. The fraction of sp³-hybridized carbons (Fsp3) is 0.524. The van der Waals surface area contributed by atoms with E-state index in [9.17, 15) is 19.2 Å². The van der Waals surface area contributed by atoms with Crippen molar-refractivity contribution in [3.8, 4) is 0 Å². The van der Waals surface area contributed by atoms with Crippen LogP contribution in [0.15, 0.2) is 18.2 Å². The molecule has 152 valence electrons. The first-order valence-electron chi connectivity index (χ1n) is 10.3. The van der Waals surface area contributed by atoms with Gasteiger partial charge in [0.2, 0.25) is 11.8 Å². The van der Waals surface area contributed by atoms with E-state index in [2.05, 4.69) is 15.5 Å². The van der Waals surface area contributed by atoms with Gasteiger partial charge < -0.3 is 5.32 Å². The summed E-state index contributed by atoms with van der Waals surface area (Å²) in [5, 5.41) is 5.64. The smallest absolute Gasteiger partial charge is 0.262 e. The maximum Gasteiger partial charge on any atom is 0.262 e. The number of nitrogens with zero attached hydrogens (tertiary/aromatic N) is 2. The van der Waals surface area contributed by atoms with Crippen molar-refractivity contribution in [2.45, 2.75) is 50.2 Å². The lowest BCUT2D eigenvalue weighted by Gasteiger charge is -2.55. The minimum atomic E-state index is -0.919. The standard InChI is InChI=1S/C21H24N4O4/c26-17-4-3-16(18(27)23-17)25-19(28)14-2-1-13(11-15(14)20(25)29)12-24-10-7-21(24)5-8-22-9-6-21/h1-2,11,16,22H,3-10,12H2,(H,23,26,27). The fourth-order valence-corrected chi connectivity index (χ4v) is 5.13. The molecule has 1 atom stereocenters. The van der Waals surface area contributed by atoms with Crippen LogP contribution in [0.2, 0.25) is 0 Å². The number of fused-ring (bicyclic) bond motifs is 1. The summed E-state index contributed by atoms with van der Waals surface area (Å²) in [6, 6.07) is 4.49. The molecular formula is C21H24N4O4. The Labute approximate surface area is 168 Å². The number of carbonyl (C=O) groups is 4. The highest BCUT2D eigenvalue weighted by Gasteiger charge is 2.46. The third-order valence-corrected chi connectivity index (χ3v) is 6.93. The molecule has 4 amide bonds. The van der Waals surface area contributed by atoms with Gasteiger partial charge in [-0.15, -0.1) is 0 Å². The molecule has 0 radical (unpaired) electrons. The van der Waals surface area contributed by atoms with E-state index in [1.807, 2.05) is 6.07 Å². The van der Waals surface area contributed by atoms with Crippen molar-refractivity contribution in [3.05, 3.63) is 34.9 Å². The van der Waals surface area contributed by atoms with Crippen molar-refractivity contribution in [2.75, 3.05) is 19.6 Å². The zero-order valence-electron chi connectivity index (χ0n) is 16.2. The first kappa shape index (κ1) is 18.4. The molecule has 8 nitrogen and oxygen atoms in total. The Morgan fingerprint density at radius 2 is 1.76 bits per heavy atom. The number of carbonyl (C=O) groups excluding carboxylic acids is 4. The molecule has 1 aromatic carbocycles. The average Bonchev–Trinajstić information content (AvgIpc) is 2.96. The van der Waals surface area contributed by atoms with E-state index in [0.29, 0.717) is 11.1 Å². The number of nitrogens with one attached hydrogen (secondary N) is 2. The van der Waals surface area contributed by atoms with Gasteiger partial charge in [0.15, 0.2) is 0 Å². The van der Waals surface area contributed by atoms with E-state index >= 15 is 0 Å². The Morgan fingerprint density at radius 1 is 1.00 bits per heavy atom. The SMILES string of the molecule is O=C1CCC(N2C(=O)c3ccc(CN4CCC45CCNCC5)cc3C2=O)C(=O)N1. The molecule has 2 N–H and O–H groups in total. The van der Waals surface area contributed by atoms with Gasteiger partial charge in [-0.2, -0.15) is 0 Å². The molecule has 4 aliphatic heterocycles. The highest BCUT2D eigenvalue weighted by Crippen LogP contribution is 2.39. The van der Waals surface area contributed by atoms with Crippen molar-refractivity contribution in [1.82, 2.24) is 20.4 Å².